The molecule has 2 aliphatic heterocycles. The van der Waals surface area contributed by atoms with Crippen molar-refractivity contribution < 1.29 is 4.74 Å². The summed E-state index contributed by atoms with van der Waals surface area (Å²) in [5, 5.41) is 3.66. The van der Waals surface area contributed by atoms with Crippen molar-refractivity contribution >= 4 is 11.5 Å². The predicted octanol–water partition coefficient (Wildman–Crippen LogP) is 1.38. The molecule has 3 heterocycles. The van der Waals surface area contributed by atoms with Crippen LogP contribution in [0.1, 0.15) is 18.4 Å². The summed E-state index contributed by atoms with van der Waals surface area (Å²) in [4.78, 5) is 21.1. The van der Waals surface area contributed by atoms with E-state index >= 15 is 0 Å². The van der Waals surface area contributed by atoms with Crippen LogP contribution in [0.5, 0.6) is 0 Å². The molecule has 1 N–H and O–H groups in total. The van der Waals surface area contributed by atoms with Crippen LogP contribution in [0.25, 0.3) is 0 Å². The number of ether oxygens (including phenoxy) is 1. The third kappa shape index (κ3) is 4.36. The third-order valence-corrected chi connectivity index (χ3v) is 5.63. The summed E-state index contributed by atoms with van der Waals surface area (Å²) in [5.74, 6) is 0.561. The van der Waals surface area contributed by atoms with E-state index in [9.17, 15) is 4.79 Å². The number of nitrogens with zero attached hydrogens (tertiary/aromatic N) is 4. The Bertz CT molecular complexity index is 829. The van der Waals surface area contributed by atoms with Gasteiger partial charge >= 0.3 is 0 Å². The van der Waals surface area contributed by atoms with Crippen LogP contribution in [-0.4, -0.2) is 55.0 Å². The van der Waals surface area contributed by atoms with E-state index in [2.05, 4.69) is 44.4 Å². The summed E-state index contributed by atoms with van der Waals surface area (Å²) in [7, 11) is 1.77. The first kappa shape index (κ1) is 19.0. The van der Waals surface area contributed by atoms with Crippen LogP contribution in [0.2, 0.25) is 0 Å². The van der Waals surface area contributed by atoms with Crippen LogP contribution in [-0.2, 0) is 18.3 Å². The first-order chi connectivity index (χ1) is 13.7. The molecule has 7 nitrogen and oxygen atoms in total. The van der Waals surface area contributed by atoms with E-state index < -0.39 is 0 Å². The highest BCUT2D eigenvalue weighted by atomic mass is 16.5. The van der Waals surface area contributed by atoms with Gasteiger partial charge in [0.2, 0.25) is 0 Å². The Kier molecular flexibility index (Phi) is 5.92. The lowest BCUT2D eigenvalue weighted by atomic mass is 10.1. The van der Waals surface area contributed by atoms with Gasteiger partial charge in [-0.25, -0.2) is 4.98 Å². The van der Waals surface area contributed by atoms with Gasteiger partial charge in [-0.2, -0.15) is 0 Å². The minimum Gasteiger partial charge on any atom is -0.378 e. The quantitative estimate of drug-likeness (QED) is 0.842. The Morgan fingerprint density at radius 1 is 1.14 bits per heavy atom. The summed E-state index contributed by atoms with van der Waals surface area (Å²) in [6.07, 6.45) is 5.58. The minimum absolute atomic E-state index is 0.0261. The van der Waals surface area contributed by atoms with Gasteiger partial charge in [-0.1, -0.05) is 12.1 Å². The van der Waals surface area contributed by atoms with E-state index in [-0.39, 0.29) is 5.56 Å². The summed E-state index contributed by atoms with van der Waals surface area (Å²) in [5.41, 5.74) is 2.52. The molecule has 2 fully saturated rings. The van der Waals surface area contributed by atoms with Crippen molar-refractivity contribution in [1.82, 2.24) is 14.9 Å². The average molecular weight is 383 g/mol. The Morgan fingerprint density at radius 3 is 2.71 bits per heavy atom. The van der Waals surface area contributed by atoms with Crippen LogP contribution in [0.15, 0.2) is 41.5 Å². The van der Waals surface area contributed by atoms with Crippen LogP contribution in [0, 0.1) is 0 Å². The topological polar surface area (TPSA) is 62.6 Å². The first-order valence-electron chi connectivity index (χ1n) is 10.1. The van der Waals surface area contributed by atoms with Crippen LogP contribution >= 0.6 is 0 Å². The lowest BCUT2D eigenvalue weighted by Crippen LogP contribution is -2.47. The van der Waals surface area contributed by atoms with Crippen molar-refractivity contribution in [2.45, 2.75) is 25.4 Å². The molecule has 0 aliphatic carbocycles. The van der Waals surface area contributed by atoms with Crippen LogP contribution < -0.4 is 20.7 Å². The SMILES string of the molecule is Cn1ccnc(N2CCCC(NCc3ccc(N4CCOCC4)cc3)C2)c1=O. The van der Waals surface area contributed by atoms with Crippen molar-refractivity contribution in [1.29, 1.82) is 0 Å². The lowest BCUT2D eigenvalue weighted by Gasteiger charge is -2.33. The molecule has 0 bridgehead atoms. The number of rotatable bonds is 5. The highest BCUT2D eigenvalue weighted by molar-refractivity contribution is 5.48. The molecule has 150 valence electrons. The van der Waals surface area contributed by atoms with Gasteiger partial charge in [0.05, 0.1) is 13.2 Å². The summed E-state index contributed by atoms with van der Waals surface area (Å²) >= 11 is 0. The summed E-state index contributed by atoms with van der Waals surface area (Å²) in [6.45, 7) is 6.08. The summed E-state index contributed by atoms with van der Waals surface area (Å²) in [6, 6.07) is 9.17. The molecule has 2 saturated heterocycles. The van der Waals surface area contributed by atoms with Gasteiger partial charge < -0.3 is 24.4 Å². The molecule has 2 aliphatic rings. The maximum Gasteiger partial charge on any atom is 0.293 e. The molecule has 0 amide bonds. The predicted molar refractivity (Wildman–Crippen MR) is 111 cm³/mol. The highest BCUT2D eigenvalue weighted by Gasteiger charge is 2.22. The van der Waals surface area contributed by atoms with Gasteiger partial charge in [0.25, 0.3) is 5.56 Å². The van der Waals surface area contributed by atoms with E-state index in [1.807, 2.05) is 0 Å². The first-order valence-corrected chi connectivity index (χ1v) is 10.1. The Labute approximate surface area is 165 Å². The number of aryl methyl sites for hydroxylation is 1. The summed E-state index contributed by atoms with van der Waals surface area (Å²) < 4.78 is 7.02. The van der Waals surface area contributed by atoms with Crippen molar-refractivity contribution in [3.05, 3.63) is 52.6 Å². The number of hydrogen-bond donors (Lipinski definition) is 1. The molecule has 1 unspecified atom stereocenters. The molecule has 7 heteroatoms. The molecule has 2 aromatic rings. The third-order valence-electron chi connectivity index (χ3n) is 5.63. The monoisotopic (exact) mass is 383 g/mol. The highest BCUT2D eigenvalue weighted by Crippen LogP contribution is 2.18. The van der Waals surface area contributed by atoms with Crippen molar-refractivity contribution in [3.63, 3.8) is 0 Å². The molecule has 28 heavy (non-hydrogen) atoms. The van der Waals surface area contributed by atoms with Crippen LogP contribution in [0.3, 0.4) is 0 Å². The largest absolute Gasteiger partial charge is 0.378 e. The number of piperidine rings is 1. The van der Waals surface area contributed by atoms with Crippen LogP contribution in [0.4, 0.5) is 11.5 Å². The fourth-order valence-electron chi connectivity index (χ4n) is 3.95. The van der Waals surface area contributed by atoms with Gasteiger partial charge in [0.15, 0.2) is 5.82 Å². The van der Waals surface area contributed by atoms with E-state index in [1.165, 1.54) is 11.3 Å². The molecule has 1 aromatic carbocycles. The van der Waals surface area contributed by atoms with Gasteiger partial charge in [0.1, 0.15) is 0 Å². The van der Waals surface area contributed by atoms with Gasteiger partial charge in [-0.15, -0.1) is 0 Å². The van der Waals surface area contributed by atoms with E-state index in [0.29, 0.717) is 11.9 Å². The number of benzene rings is 1. The van der Waals surface area contributed by atoms with Crippen molar-refractivity contribution in [3.8, 4) is 0 Å². The molecular formula is C21H29N5O2. The van der Waals surface area contributed by atoms with Gasteiger partial charge in [-0.05, 0) is 30.5 Å². The zero-order valence-electron chi connectivity index (χ0n) is 16.5. The van der Waals surface area contributed by atoms with E-state index in [0.717, 1.165) is 58.8 Å². The number of anilines is 2. The normalized spacial score (nSPS) is 20.4. The number of hydrogen-bond acceptors (Lipinski definition) is 6. The van der Waals surface area contributed by atoms with Gasteiger partial charge in [0, 0.05) is 63.9 Å². The number of nitrogens with one attached hydrogen (secondary N) is 1. The molecule has 4 rings (SSSR count). The van der Waals surface area contributed by atoms with E-state index in [4.69, 9.17) is 4.74 Å². The Balaban J connectivity index is 1.33. The van der Waals surface area contributed by atoms with Crippen molar-refractivity contribution in [2.75, 3.05) is 49.2 Å². The minimum atomic E-state index is -0.0261. The standard InChI is InChI=1S/C21H29N5O2/c1-24-10-8-22-20(21(24)27)26-9-2-3-18(16-26)23-15-17-4-6-19(7-5-17)25-11-13-28-14-12-25/h4-8,10,18,23H,2-3,9,11-16H2,1H3. The maximum atomic E-state index is 12.3. The fraction of sp³-hybridized carbons (Fsp3) is 0.524. The van der Waals surface area contributed by atoms with Crippen molar-refractivity contribution in [2.24, 2.45) is 7.05 Å². The average Bonchev–Trinajstić information content (AvgIpc) is 2.75. The zero-order chi connectivity index (χ0) is 19.3. The maximum absolute atomic E-state index is 12.3. The smallest absolute Gasteiger partial charge is 0.293 e. The molecule has 0 spiro atoms. The second-order valence-corrected chi connectivity index (χ2v) is 7.60. The number of morpholine rings is 1. The lowest BCUT2D eigenvalue weighted by molar-refractivity contribution is 0.122. The van der Waals surface area contributed by atoms with Gasteiger partial charge in [-0.3, -0.25) is 4.79 Å². The zero-order valence-corrected chi connectivity index (χ0v) is 16.5. The molecule has 1 atom stereocenters. The second kappa shape index (κ2) is 8.75. The molecule has 0 saturated carbocycles. The molecule has 1 aromatic heterocycles. The molecular weight excluding hydrogens is 354 g/mol. The second-order valence-electron chi connectivity index (χ2n) is 7.60. The van der Waals surface area contributed by atoms with E-state index in [1.54, 1.807) is 24.0 Å². The Morgan fingerprint density at radius 2 is 1.93 bits per heavy atom. The molecule has 0 radical (unpaired) electrons. The number of aromatic nitrogens is 2. The Hall–Kier alpha value is -2.38. The fourth-order valence-corrected chi connectivity index (χ4v) is 3.95.